The van der Waals surface area contributed by atoms with E-state index >= 15 is 0 Å². The molecule has 1 N–H and O–H groups in total. The smallest absolute Gasteiger partial charge is 0.119 e. The van der Waals surface area contributed by atoms with Crippen LogP contribution in [0, 0.1) is 0 Å². The molecular weight excluding hydrogens is 250 g/mol. The lowest BCUT2D eigenvalue weighted by atomic mass is 10.1. The van der Waals surface area contributed by atoms with Crippen LogP contribution in [0.2, 0.25) is 0 Å². The molecule has 1 aromatic carbocycles. The van der Waals surface area contributed by atoms with Gasteiger partial charge < -0.3 is 14.8 Å². The highest BCUT2D eigenvalue weighted by Crippen LogP contribution is 2.21. The third kappa shape index (κ3) is 4.80. The van der Waals surface area contributed by atoms with Gasteiger partial charge in [-0.15, -0.1) is 0 Å². The minimum atomic E-state index is 0.235. The summed E-state index contributed by atoms with van der Waals surface area (Å²) in [7, 11) is 0. The van der Waals surface area contributed by atoms with Crippen molar-refractivity contribution in [2.75, 3.05) is 13.2 Å². The molecule has 1 fully saturated rings. The van der Waals surface area contributed by atoms with Crippen molar-refractivity contribution in [1.82, 2.24) is 5.32 Å². The topological polar surface area (TPSA) is 30.5 Å². The Balaban J connectivity index is 1.72. The van der Waals surface area contributed by atoms with Gasteiger partial charge in [0.15, 0.2) is 0 Å². The second-order valence-corrected chi connectivity index (χ2v) is 5.83. The van der Waals surface area contributed by atoms with Crippen molar-refractivity contribution in [3.63, 3.8) is 0 Å². The predicted octanol–water partition coefficient (Wildman–Crippen LogP) is 3.17. The van der Waals surface area contributed by atoms with Crippen molar-refractivity contribution < 1.29 is 9.47 Å². The maximum atomic E-state index is 6.00. The van der Waals surface area contributed by atoms with E-state index in [4.69, 9.17) is 9.47 Å². The van der Waals surface area contributed by atoms with Crippen molar-refractivity contribution in [3.05, 3.63) is 29.8 Å². The molecular formula is C17H27NO2. The van der Waals surface area contributed by atoms with E-state index in [1.54, 1.807) is 0 Å². The minimum Gasteiger partial charge on any atom is -0.491 e. The van der Waals surface area contributed by atoms with Gasteiger partial charge in [0.05, 0.1) is 12.2 Å². The van der Waals surface area contributed by atoms with E-state index in [0.717, 1.165) is 31.6 Å². The van der Waals surface area contributed by atoms with Crippen molar-refractivity contribution in [2.45, 2.75) is 58.3 Å². The zero-order chi connectivity index (χ0) is 14.4. The Morgan fingerprint density at radius 2 is 2.10 bits per heavy atom. The summed E-state index contributed by atoms with van der Waals surface area (Å²) in [5, 5.41) is 3.43. The van der Waals surface area contributed by atoms with Crippen LogP contribution in [-0.2, 0) is 11.2 Å². The van der Waals surface area contributed by atoms with Crippen molar-refractivity contribution in [1.29, 1.82) is 0 Å². The van der Waals surface area contributed by atoms with Gasteiger partial charge in [-0.05, 0) is 37.0 Å². The van der Waals surface area contributed by atoms with Gasteiger partial charge in [-0.3, -0.25) is 0 Å². The molecule has 0 aromatic heterocycles. The van der Waals surface area contributed by atoms with Gasteiger partial charge >= 0.3 is 0 Å². The van der Waals surface area contributed by atoms with E-state index in [2.05, 4.69) is 44.3 Å². The molecule has 1 aromatic rings. The molecule has 2 unspecified atom stereocenters. The summed E-state index contributed by atoms with van der Waals surface area (Å²) >= 11 is 0. The molecule has 0 saturated carbocycles. The SMILES string of the molecule is CCc1cccc(OCC2CCC(CNC(C)C)O2)c1. The van der Waals surface area contributed by atoms with Gasteiger partial charge in [-0.2, -0.15) is 0 Å². The standard InChI is InChI=1S/C17H27NO2/c1-4-14-6-5-7-15(10-14)19-12-17-9-8-16(20-17)11-18-13(2)3/h5-7,10,13,16-18H,4,8-9,11-12H2,1-3H3. The molecule has 2 atom stereocenters. The second-order valence-electron chi connectivity index (χ2n) is 5.83. The minimum absolute atomic E-state index is 0.235. The third-order valence-electron chi connectivity index (χ3n) is 3.69. The van der Waals surface area contributed by atoms with E-state index in [-0.39, 0.29) is 6.10 Å². The first-order chi connectivity index (χ1) is 9.67. The predicted molar refractivity (Wildman–Crippen MR) is 82.3 cm³/mol. The van der Waals surface area contributed by atoms with Gasteiger partial charge in [-0.1, -0.05) is 32.9 Å². The van der Waals surface area contributed by atoms with Crippen LogP contribution in [-0.4, -0.2) is 31.4 Å². The number of hydrogen-bond acceptors (Lipinski definition) is 3. The van der Waals surface area contributed by atoms with Crippen LogP contribution in [0.1, 0.15) is 39.2 Å². The highest BCUT2D eigenvalue weighted by molar-refractivity contribution is 5.28. The summed E-state index contributed by atoms with van der Waals surface area (Å²) in [6.45, 7) is 8.09. The molecule has 0 spiro atoms. The van der Waals surface area contributed by atoms with Crippen molar-refractivity contribution in [3.8, 4) is 5.75 Å². The molecule has 1 heterocycles. The molecule has 1 aliphatic rings. The molecule has 0 amide bonds. The first-order valence-corrected chi connectivity index (χ1v) is 7.78. The Labute approximate surface area is 122 Å². The molecule has 0 bridgehead atoms. The van der Waals surface area contributed by atoms with E-state index < -0.39 is 0 Å². The van der Waals surface area contributed by atoms with E-state index in [1.165, 1.54) is 5.56 Å². The summed E-state index contributed by atoms with van der Waals surface area (Å²) in [5.74, 6) is 0.955. The summed E-state index contributed by atoms with van der Waals surface area (Å²) in [4.78, 5) is 0. The van der Waals surface area contributed by atoms with Crippen LogP contribution in [0.5, 0.6) is 5.75 Å². The Morgan fingerprint density at radius 1 is 1.30 bits per heavy atom. The fourth-order valence-electron chi connectivity index (χ4n) is 2.46. The van der Waals surface area contributed by atoms with Crippen LogP contribution in [0.25, 0.3) is 0 Å². The summed E-state index contributed by atoms with van der Waals surface area (Å²) in [6.07, 6.45) is 3.84. The van der Waals surface area contributed by atoms with Gasteiger partial charge in [0, 0.05) is 12.6 Å². The quantitative estimate of drug-likeness (QED) is 0.830. The molecule has 20 heavy (non-hydrogen) atoms. The fraction of sp³-hybridized carbons (Fsp3) is 0.647. The number of benzene rings is 1. The van der Waals surface area contributed by atoms with Crippen molar-refractivity contribution in [2.24, 2.45) is 0 Å². The fourth-order valence-corrected chi connectivity index (χ4v) is 2.46. The van der Waals surface area contributed by atoms with Gasteiger partial charge in [0.25, 0.3) is 0 Å². The molecule has 1 saturated heterocycles. The summed E-state index contributed by atoms with van der Waals surface area (Å²) in [6, 6.07) is 8.84. The number of rotatable bonds is 7. The third-order valence-corrected chi connectivity index (χ3v) is 3.69. The monoisotopic (exact) mass is 277 g/mol. The first kappa shape index (κ1) is 15.3. The number of ether oxygens (including phenoxy) is 2. The number of aryl methyl sites for hydroxylation is 1. The lowest BCUT2D eigenvalue weighted by molar-refractivity contribution is 0.0178. The average Bonchev–Trinajstić information content (AvgIpc) is 2.91. The van der Waals surface area contributed by atoms with E-state index in [1.807, 2.05) is 6.07 Å². The Bertz CT molecular complexity index is 406. The van der Waals surface area contributed by atoms with Crippen LogP contribution in [0.3, 0.4) is 0 Å². The van der Waals surface area contributed by atoms with Crippen LogP contribution >= 0.6 is 0 Å². The molecule has 112 valence electrons. The zero-order valence-electron chi connectivity index (χ0n) is 12.9. The lowest BCUT2D eigenvalue weighted by Gasteiger charge is -2.16. The summed E-state index contributed by atoms with van der Waals surface area (Å²) < 4.78 is 11.9. The first-order valence-electron chi connectivity index (χ1n) is 7.78. The Kier molecular flexibility index (Phi) is 5.86. The largest absolute Gasteiger partial charge is 0.491 e. The lowest BCUT2D eigenvalue weighted by Crippen LogP contribution is -2.32. The Hall–Kier alpha value is -1.06. The molecule has 0 aliphatic carbocycles. The van der Waals surface area contributed by atoms with Gasteiger partial charge in [-0.25, -0.2) is 0 Å². The van der Waals surface area contributed by atoms with E-state index in [0.29, 0.717) is 18.8 Å². The van der Waals surface area contributed by atoms with Gasteiger partial charge in [0.1, 0.15) is 12.4 Å². The molecule has 2 rings (SSSR count). The maximum absolute atomic E-state index is 6.00. The number of nitrogens with one attached hydrogen (secondary N) is 1. The van der Waals surface area contributed by atoms with Gasteiger partial charge in [0.2, 0.25) is 0 Å². The number of hydrogen-bond donors (Lipinski definition) is 1. The average molecular weight is 277 g/mol. The van der Waals surface area contributed by atoms with E-state index in [9.17, 15) is 0 Å². The second kappa shape index (κ2) is 7.65. The zero-order valence-corrected chi connectivity index (χ0v) is 12.9. The molecule has 3 heteroatoms. The Morgan fingerprint density at radius 3 is 2.85 bits per heavy atom. The van der Waals surface area contributed by atoms with Crippen LogP contribution in [0.15, 0.2) is 24.3 Å². The van der Waals surface area contributed by atoms with Crippen LogP contribution < -0.4 is 10.1 Å². The normalized spacial score (nSPS) is 22.4. The maximum Gasteiger partial charge on any atom is 0.119 e. The molecule has 1 aliphatic heterocycles. The highest BCUT2D eigenvalue weighted by Gasteiger charge is 2.25. The van der Waals surface area contributed by atoms with Crippen molar-refractivity contribution >= 4 is 0 Å². The van der Waals surface area contributed by atoms with Crippen LogP contribution in [0.4, 0.5) is 0 Å². The highest BCUT2D eigenvalue weighted by atomic mass is 16.5. The molecule has 0 radical (unpaired) electrons. The molecule has 3 nitrogen and oxygen atoms in total. The summed E-state index contributed by atoms with van der Waals surface area (Å²) in [5.41, 5.74) is 1.31.